The van der Waals surface area contributed by atoms with E-state index >= 15 is 0 Å². The molecule has 1 N–H and O–H groups in total. The fourth-order valence-corrected chi connectivity index (χ4v) is 1.95. The first-order valence-corrected chi connectivity index (χ1v) is 5.03. The Bertz CT molecular complexity index is 275. The van der Waals surface area contributed by atoms with Crippen molar-refractivity contribution in [3.05, 3.63) is 22.4 Å². The quantitative estimate of drug-likeness (QED) is 0.434. The van der Waals surface area contributed by atoms with Gasteiger partial charge < -0.3 is 5.21 Å². The van der Waals surface area contributed by atoms with Crippen LogP contribution in [0.15, 0.2) is 22.7 Å². The van der Waals surface area contributed by atoms with Crippen LogP contribution < -0.4 is 0 Å². The fourth-order valence-electron chi connectivity index (χ4n) is 1.23. The largest absolute Gasteiger partial charge is 0.411 e. The molecule has 0 amide bonds. The molecular weight excluding hydrogens is 170 g/mol. The Hall–Kier alpha value is -0.830. The topological polar surface area (TPSA) is 32.6 Å². The van der Waals surface area contributed by atoms with Gasteiger partial charge in [-0.15, -0.1) is 11.3 Å². The SMILES string of the molecule is O/N=C(/CC1CC1)c1cccs1. The molecule has 1 heterocycles. The van der Waals surface area contributed by atoms with Gasteiger partial charge in [-0.05, 0) is 36.6 Å². The van der Waals surface area contributed by atoms with E-state index < -0.39 is 0 Å². The van der Waals surface area contributed by atoms with Gasteiger partial charge in [-0.25, -0.2) is 0 Å². The van der Waals surface area contributed by atoms with Crippen LogP contribution in [0.3, 0.4) is 0 Å². The van der Waals surface area contributed by atoms with Crippen LogP contribution in [0.5, 0.6) is 0 Å². The van der Waals surface area contributed by atoms with E-state index in [2.05, 4.69) is 5.16 Å². The van der Waals surface area contributed by atoms with Gasteiger partial charge in [0.1, 0.15) is 0 Å². The lowest BCUT2D eigenvalue weighted by molar-refractivity contribution is 0.317. The van der Waals surface area contributed by atoms with Crippen LogP contribution in [-0.4, -0.2) is 10.9 Å². The molecule has 0 spiro atoms. The Morgan fingerprint density at radius 2 is 2.50 bits per heavy atom. The second kappa shape index (κ2) is 3.27. The lowest BCUT2D eigenvalue weighted by Gasteiger charge is -1.98. The smallest absolute Gasteiger partial charge is 0.0969 e. The van der Waals surface area contributed by atoms with Crippen LogP contribution >= 0.6 is 11.3 Å². The average Bonchev–Trinajstić information content (AvgIpc) is 2.74. The number of hydrogen-bond acceptors (Lipinski definition) is 3. The van der Waals surface area contributed by atoms with Gasteiger partial charge in [0.15, 0.2) is 0 Å². The molecule has 2 nitrogen and oxygen atoms in total. The Labute approximate surface area is 75.5 Å². The monoisotopic (exact) mass is 181 g/mol. The maximum Gasteiger partial charge on any atom is 0.0969 e. The number of hydrogen-bond donors (Lipinski definition) is 1. The summed E-state index contributed by atoms with van der Waals surface area (Å²) in [4.78, 5) is 1.10. The van der Waals surface area contributed by atoms with E-state index in [9.17, 15) is 0 Å². The summed E-state index contributed by atoms with van der Waals surface area (Å²) >= 11 is 1.63. The van der Waals surface area contributed by atoms with Crippen LogP contribution in [-0.2, 0) is 0 Å². The molecule has 1 aromatic rings. The molecule has 3 heteroatoms. The summed E-state index contributed by atoms with van der Waals surface area (Å²) in [5.41, 5.74) is 0.854. The first-order valence-electron chi connectivity index (χ1n) is 4.15. The van der Waals surface area contributed by atoms with Crippen LogP contribution in [0.25, 0.3) is 0 Å². The molecule has 0 bridgehead atoms. The Morgan fingerprint density at radius 3 is 3.00 bits per heavy atom. The van der Waals surface area contributed by atoms with Crippen LogP contribution in [0.4, 0.5) is 0 Å². The van der Waals surface area contributed by atoms with Crippen molar-refractivity contribution in [2.45, 2.75) is 19.3 Å². The molecule has 0 atom stereocenters. The van der Waals surface area contributed by atoms with Crippen molar-refractivity contribution in [3.63, 3.8) is 0 Å². The molecule has 2 rings (SSSR count). The van der Waals surface area contributed by atoms with Gasteiger partial charge in [0.25, 0.3) is 0 Å². The predicted molar refractivity (Wildman–Crippen MR) is 50.0 cm³/mol. The molecule has 0 saturated heterocycles. The van der Waals surface area contributed by atoms with Gasteiger partial charge in [-0.1, -0.05) is 11.2 Å². The molecule has 1 saturated carbocycles. The lowest BCUT2D eigenvalue weighted by atomic mass is 10.1. The third-order valence-corrected chi connectivity index (χ3v) is 3.02. The molecular formula is C9H11NOS. The minimum absolute atomic E-state index is 0.776. The minimum Gasteiger partial charge on any atom is -0.411 e. The highest BCUT2D eigenvalue weighted by molar-refractivity contribution is 7.12. The average molecular weight is 181 g/mol. The van der Waals surface area contributed by atoms with E-state index in [4.69, 9.17) is 5.21 Å². The first-order chi connectivity index (χ1) is 5.90. The van der Waals surface area contributed by atoms with Crippen molar-refractivity contribution in [1.82, 2.24) is 0 Å². The molecule has 1 aliphatic carbocycles. The standard InChI is InChI=1S/C9H11NOS/c11-10-8(6-7-3-4-7)9-2-1-5-12-9/h1-2,5,7,11H,3-4,6H2/b10-8-. The van der Waals surface area contributed by atoms with E-state index in [1.165, 1.54) is 12.8 Å². The van der Waals surface area contributed by atoms with E-state index in [1.807, 2.05) is 17.5 Å². The van der Waals surface area contributed by atoms with Crippen molar-refractivity contribution in [2.24, 2.45) is 11.1 Å². The Balaban J connectivity index is 2.08. The van der Waals surface area contributed by atoms with Crippen molar-refractivity contribution >= 4 is 17.0 Å². The second-order valence-electron chi connectivity index (χ2n) is 3.17. The summed E-state index contributed by atoms with van der Waals surface area (Å²) in [6.07, 6.45) is 3.53. The normalized spacial score (nSPS) is 18.2. The zero-order valence-corrected chi connectivity index (χ0v) is 7.55. The first kappa shape index (κ1) is 7.80. The number of nitrogens with zero attached hydrogens (tertiary/aromatic N) is 1. The Kier molecular flexibility index (Phi) is 2.13. The fraction of sp³-hybridized carbons (Fsp3) is 0.444. The predicted octanol–water partition coefficient (Wildman–Crippen LogP) is 2.73. The van der Waals surface area contributed by atoms with Crippen LogP contribution in [0.2, 0.25) is 0 Å². The van der Waals surface area contributed by atoms with E-state index in [-0.39, 0.29) is 0 Å². The van der Waals surface area contributed by atoms with E-state index in [1.54, 1.807) is 11.3 Å². The van der Waals surface area contributed by atoms with E-state index in [0.717, 1.165) is 22.9 Å². The van der Waals surface area contributed by atoms with Gasteiger partial charge >= 0.3 is 0 Å². The van der Waals surface area contributed by atoms with Crippen LogP contribution in [0, 0.1) is 5.92 Å². The van der Waals surface area contributed by atoms with E-state index in [0.29, 0.717) is 0 Å². The van der Waals surface area contributed by atoms with Gasteiger partial charge in [-0.3, -0.25) is 0 Å². The highest BCUT2D eigenvalue weighted by atomic mass is 32.1. The lowest BCUT2D eigenvalue weighted by Crippen LogP contribution is -1.98. The minimum atomic E-state index is 0.776. The summed E-state index contributed by atoms with van der Waals surface area (Å²) in [5.74, 6) is 0.776. The summed E-state index contributed by atoms with van der Waals surface area (Å²) in [6.45, 7) is 0. The van der Waals surface area contributed by atoms with Crippen molar-refractivity contribution in [3.8, 4) is 0 Å². The number of oxime groups is 1. The molecule has 0 aliphatic heterocycles. The third kappa shape index (κ3) is 1.67. The number of rotatable bonds is 3. The second-order valence-corrected chi connectivity index (χ2v) is 4.12. The summed E-state index contributed by atoms with van der Waals surface area (Å²) in [7, 11) is 0. The molecule has 1 aromatic heterocycles. The molecule has 1 aliphatic rings. The summed E-state index contributed by atoms with van der Waals surface area (Å²) in [6, 6.07) is 3.99. The molecule has 12 heavy (non-hydrogen) atoms. The summed E-state index contributed by atoms with van der Waals surface area (Å²) < 4.78 is 0. The molecule has 0 unspecified atom stereocenters. The van der Waals surface area contributed by atoms with Gasteiger partial charge in [0, 0.05) is 0 Å². The van der Waals surface area contributed by atoms with Crippen LogP contribution in [0.1, 0.15) is 24.1 Å². The third-order valence-electron chi connectivity index (χ3n) is 2.11. The number of thiophene rings is 1. The van der Waals surface area contributed by atoms with Crippen molar-refractivity contribution in [2.75, 3.05) is 0 Å². The summed E-state index contributed by atoms with van der Waals surface area (Å²) in [5, 5.41) is 14.1. The highest BCUT2D eigenvalue weighted by Gasteiger charge is 2.24. The molecule has 1 fully saturated rings. The zero-order chi connectivity index (χ0) is 8.39. The van der Waals surface area contributed by atoms with Crippen molar-refractivity contribution < 1.29 is 5.21 Å². The molecule has 64 valence electrons. The van der Waals surface area contributed by atoms with Crippen molar-refractivity contribution in [1.29, 1.82) is 0 Å². The maximum absolute atomic E-state index is 8.77. The maximum atomic E-state index is 8.77. The Morgan fingerprint density at radius 1 is 1.67 bits per heavy atom. The molecule has 0 aromatic carbocycles. The highest BCUT2D eigenvalue weighted by Crippen LogP contribution is 2.34. The van der Waals surface area contributed by atoms with Gasteiger partial charge in [0.2, 0.25) is 0 Å². The van der Waals surface area contributed by atoms with Gasteiger partial charge in [0.05, 0.1) is 10.6 Å². The zero-order valence-electron chi connectivity index (χ0n) is 6.73. The molecule has 0 radical (unpaired) electrons. The van der Waals surface area contributed by atoms with Gasteiger partial charge in [-0.2, -0.15) is 0 Å².